The molecule has 150 valence electrons. The minimum atomic E-state index is -0.832. The zero-order valence-corrected chi connectivity index (χ0v) is 17.5. The first-order chi connectivity index (χ1) is 13.4. The lowest BCUT2D eigenvalue weighted by Gasteiger charge is -2.13. The summed E-state index contributed by atoms with van der Waals surface area (Å²) in [5.74, 6) is 0.571. The summed E-state index contributed by atoms with van der Waals surface area (Å²) in [6.45, 7) is 4.90. The Morgan fingerprint density at radius 3 is 2.96 bits per heavy atom. The number of thiocarbonyl (C=S) groups is 1. The Morgan fingerprint density at radius 2 is 2.25 bits per heavy atom. The van der Waals surface area contributed by atoms with Gasteiger partial charge in [-0.1, -0.05) is 24.0 Å². The van der Waals surface area contributed by atoms with Crippen LogP contribution in [-0.4, -0.2) is 45.5 Å². The number of aliphatic carboxylic acids is 1. The summed E-state index contributed by atoms with van der Waals surface area (Å²) in [6, 6.07) is 3.91. The summed E-state index contributed by atoms with van der Waals surface area (Å²) < 4.78 is 12.1. The third-order valence-electron chi connectivity index (χ3n) is 4.51. The molecule has 1 unspecified atom stereocenters. The van der Waals surface area contributed by atoms with Crippen LogP contribution in [0.15, 0.2) is 17.0 Å². The van der Waals surface area contributed by atoms with Crippen molar-refractivity contribution in [2.75, 3.05) is 13.2 Å². The normalized spacial score (nSPS) is 19.9. The molecule has 28 heavy (non-hydrogen) atoms. The van der Waals surface area contributed by atoms with E-state index in [1.807, 2.05) is 26.0 Å². The fourth-order valence-corrected chi connectivity index (χ4v) is 4.53. The van der Waals surface area contributed by atoms with E-state index in [9.17, 15) is 9.59 Å². The standard InChI is InChI=1S/C20H23NO5S2/c1-3-25-15-9-13-8-12(2)26-16(13)10-14(15)11-17-19(24)21(20(27)28-17)7-5-4-6-18(22)23/h9-12H,3-8H2,1-2H3,(H,22,23)/b17-11-. The van der Waals surface area contributed by atoms with Gasteiger partial charge in [0.2, 0.25) is 0 Å². The molecule has 0 aromatic heterocycles. The Balaban J connectivity index is 1.78. The second kappa shape index (κ2) is 8.96. The number of rotatable bonds is 8. The summed E-state index contributed by atoms with van der Waals surface area (Å²) in [7, 11) is 0. The van der Waals surface area contributed by atoms with Crippen LogP contribution in [-0.2, 0) is 16.0 Å². The molecule has 0 spiro atoms. The first-order valence-corrected chi connectivity index (χ1v) is 10.5. The number of thioether (sulfide) groups is 1. The Morgan fingerprint density at radius 1 is 1.46 bits per heavy atom. The topological polar surface area (TPSA) is 76.1 Å². The van der Waals surface area contributed by atoms with E-state index < -0.39 is 5.97 Å². The molecule has 1 amide bonds. The van der Waals surface area contributed by atoms with E-state index in [1.165, 1.54) is 11.8 Å². The predicted molar refractivity (Wildman–Crippen MR) is 113 cm³/mol. The number of ether oxygens (including phenoxy) is 2. The van der Waals surface area contributed by atoms with Crippen molar-refractivity contribution in [1.82, 2.24) is 4.90 Å². The number of benzene rings is 1. The number of carbonyl (C=O) groups excluding carboxylic acids is 1. The van der Waals surface area contributed by atoms with Gasteiger partial charge in [-0.25, -0.2) is 0 Å². The van der Waals surface area contributed by atoms with E-state index >= 15 is 0 Å². The molecule has 1 atom stereocenters. The maximum absolute atomic E-state index is 12.8. The fraction of sp³-hybridized carbons (Fsp3) is 0.450. The van der Waals surface area contributed by atoms with Gasteiger partial charge in [0.25, 0.3) is 5.91 Å². The van der Waals surface area contributed by atoms with Gasteiger partial charge in [-0.2, -0.15) is 0 Å². The highest BCUT2D eigenvalue weighted by Crippen LogP contribution is 2.39. The number of carbonyl (C=O) groups is 2. The minimum Gasteiger partial charge on any atom is -0.493 e. The molecular weight excluding hydrogens is 398 g/mol. The molecule has 0 bridgehead atoms. The quantitative estimate of drug-likeness (QED) is 0.388. The van der Waals surface area contributed by atoms with Gasteiger partial charge >= 0.3 is 5.97 Å². The average molecular weight is 422 g/mol. The van der Waals surface area contributed by atoms with E-state index in [2.05, 4.69) is 0 Å². The molecule has 3 rings (SSSR count). The largest absolute Gasteiger partial charge is 0.493 e. The van der Waals surface area contributed by atoms with Crippen LogP contribution in [0.25, 0.3) is 6.08 Å². The molecule has 8 heteroatoms. The number of hydrogen-bond acceptors (Lipinski definition) is 6. The average Bonchev–Trinajstić information content (AvgIpc) is 3.11. The Hall–Kier alpha value is -2.06. The molecule has 2 aliphatic rings. The number of carboxylic acids is 1. The fourth-order valence-electron chi connectivity index (χ4n) is 3.23. The molecular formula is C20H23NO5S2. The predicted octanol–water partition coefficient (Wildman–Crippen LogP) is 3.86. The third kappa shape index (κ3) is 4.67. The van der Waals surface area contributed by atoms with Crippen molar-refractivity contribution >= 4 is 46.3 Å². The molecule has 1 N–H and O–H groups in total. The number of amides is 1. The third-order valence-corrected chi connectivity index (χ3v) is 5.89. The number of hydrogen-bond donors (Lipinski definition) is 1. The van der Waals surface area contributed by atoms with Crippen molar-refractivity contribution in [2.45, 2.75) is 45.6 Å². The maximum atomic E-state index is 12.8. The summed E-state index contributed by atoms with van der Waals surface area (Å²) in [6.07, 6.45) is 3.97. The number of carboxylic acid groups (broad SMARTS) is 1. The summed E-state index contributed by atoms with van der Waals surface area (Å²) >= 11 is 6.60. The molecule has 1 fully saturated rings. The second-order valence-electron chi connectivity index (χ2n) is 6.75. The van der Waals surface area contributed by atoms with Crippen molar-refractivity contribution in [2.24, 2.45) is 0 Å². The monoisotopic (exact) mass is 421 g/mol. The van der Waals surface area contributed by atoms with Crippen LogP contribution in [0.2, 0.25) is 0 Å². The summed E-state index contributed by atoms with van der Waals surface area (Å²) in [5.41, 5.74) is 1.90. The van der Waals surface area contributed by atoms with E-state index in [-0.39, 0.29) is 18.4 Å². The SMILES string of the molecule is CCOc1cc2c(cc1/C=C1\SC(=S)N(CCCCC(=O)O)C1=O)OC(C)C2. The molecule has 0 aliphatic carbocycles. The molecule has 2 aliphatic heterocycles. The molecule has 1 saturated heterocycles. The van der Waals surface area contributed by atoms with E-state index in [4.69, 9.17) is 26.8 Å². The maximum Gasteiger partial charge on any atom is 0.303 e. The first kappa shape index (κ1) is 20.7. The highest BCUT2D eigenvalue weighted by atomic mass is 32.2. The number of nitrogens with zero attached hydrogens (tertiary/aromatic N) is 1. The second-order valence-corrected chi connectivity index (χ2v) is 8.42. The van der Waals surface area contributed by atoms with Crippen LogP contribution in [0.3, 0.4) is 0 Å². The van der Waals surface area contributed by atoms with E-state index in [0.29, 0.717) is 35.2 Å². The smallest absolute Gasteiger partial charge is 0.303 e. The van der Waals surface area contributed by atoms with E-state index in [0.717, 1.165) is 29.0 Å². The van der Waals surface area contributed by atoms with Crippen LogP contribution in [0.1, 0.15) is 44.2 Å². The van der Waals surface area contributed by atoms with Crippen LogP contribution in [0.4, 0.5) is 0 Å². The molecule has 0 saturated carbocycles. The lowest BCUT2D eigenvalue weighted by atomic mass is 10.1. The van der Waals surface area contributed by atoms with Gasteiger partial charge in [-0.05, 0) is 44.9 Å². The lowest BCUT2D eigenvalue weighted by Crippen LogP contribution is -2.29. The Bertz CT molecular complexity index is 836. The van der Waals surface area contributed by atoms with Gasteiger partial charge in [0.1, 0.15) is 21.9 Å². The number of fused-ring (bicyclic) bond motifs is 1. The van der Waals surface area contributed by atoms with Gasteiger partial charge in [0, 0.05) is 30.5 Å². The van der Waals surface area contributed by atoms with Gasteiger partial charge < -0.3 is 14.6 Å². The van der Waals surface area contributed by atoms with Crippen LogP contribution in [0, 0.1) is 0 Å². The molecule has 6 nitrogen and oxygen atoms in total. The van der Waals surface area contributed by atoms with Crippen LogP contribution < -0.4 is 9.47 Å². The molecule has 0 radical (unpaired) electrons. The highest BCUT2D eigenvalue weighted by molar-refractivity contribution is 8.26. The summed E-state index contributed by atoms with van der Waals surface area (Å²) in [4.78, 5) is 25.5. The van der Waals surface area contributed by atoms with Crippen molar-refractivity contribution in [1.29, 1.82) is 0 Å². The van der Waals surface area contributed by atoms with Crippen LogP contribution in [0.5, 0.6) is 11.5 Å². The Labute approximate surface area is 173 Å². The zero-order chi connectivity index (χ0) is 20.3. The van der Waals surface area contributed by atoms with Crippen molar-refractivity contribution in [3.8, 4) is 11.5 Å². The first-order valence-electron chi connectivity index (χ1n) is 9.32. The van der Waals surface area contributed by atoms with Crippen molar-refractivity contribution in [3.05, 3.63) is 28.2 Å². The van der Waals surface area contributed by atoms with Crippen LogP contribution >= 0.6 is 24.0 Å². The van der Waals surface area contributed by atoms with Gasteiger partial charge in [-0.3, -0.25) is 14.5 Å². The molecule has 1 aromatic rings. The molecule has 2 heterocycles. The Kier molecular flexibility index (Phi) is 6.61. The summed E-state index contributed by atoms with van der Waals surface area (Å²) in [5, 5.41) is 8.73. The van der Waals surface area contributed by atoms with E-state index in [1.54, 1.807) is 11.0 Å². The van der Waals surface area contributed by atoms with Gasteiger partial charge in [0.05, 0.1) is 11.5 Å². The van der Waals surface area contributed by atoms with Crippen molar-refractivity contribution in [3.63, 3.8) is 0 Å². The number of unbranched alkanes of at least 4 members (excludes halogenated alkanes) is 1. The lowest BCUT2D eigenvalue weighted by molar-refractivity contribution is -0.137. The van der Waals surface area contributed by atoms with Gasteiger partial charge in [0.15, 0.2) is 0 Å². The highest BCUT2D eigenvalue weighted by Gasteiger charge is 2.32. The zero-order valence-electron chi connectivity index (χ0n) is 15.9. The minimum absolute atomic E-state index is 0.0932. The van der Waals surface area contributed by atoms with Crippen molar-refractivity contribution < 1.29 is 24.2 Å². The molecule has 1 aromatic carbocycles. The van der Waals surface area contributed by atoms with Gasteiger partial charge in [-0.15, -0.1) is 0 Å².